The zero-order chi connectivity index (χ0) is 22.8. The zero-order valence-electron chi connectivity index (χ0n) is 19.7. The molecular formula is C28H33NO2. The average Bonchev–Trinajstić information content (AvgIpc) is 2.71. The maximum atomic E-state index is 11.0. The summed E-state index contributed by atoms with van der Waals surface area (Å²) in [6.07, 6.45) is 1.77. The second-order valence-electron chi connectivity index (χ2n) is 9.94. The molecule has 0 bridgehead atoms. The molecule has 0 heterocycles. The summed E-state index contributed by atoms with van der Waals surface area (Å²) >= 11 is 0. The van der Waals surface area contributed by atoms with E-state index in [4.69, 9.17) is 9.73 Å². The molecule has 0 amide bonds. The molecule has 0 atom stereocenters. The van der Waals surface area contributed by atoms with Crippen LogP contribution in [0.15, 0.2) is 65.7 Å². The fraction of sp³-hybridized carbons (Fsp3) is 0.321. The van der Waals surface area contributed by atoms with Crippen molar-refractivity contribution in [3.63, 3.8) is 0 Å². The number of para-hydroxylation sites is 2. The van der Waals surface area contributed by atoms with Gasteiger partial charge in [0.15, 0.2) is 0 Å². The van der Waals surface area contributed by atoms with Gasteiger partial charge in [0.05, 0.1) is 12.8 Å². The van der Waals surface area contributed by atoms with Crippen molar-refractivity contribution in [1.82, 2.24) is 0 Å². The predicted octanol–water partition coefficient (Wildman–Crippen LogP) is 7.41. The average molecular weight is 416 g/mol. The maximum absolute atomic E-state index is 11.0. The van der Waals surface area contributed by atoms with Crippen molar-refractivity contribution < 1.29 is 9.84 Å². The number of hydrogen-bond acceptors (Lipinski definition) is 3. The molecule has 3 aromatic carbocycles. The van der Waals surface area contributed by atoms with Crippen LogP contribution in [0, 0.1) is 0 Å². The summed E-state index contributed by atoms with van der Waals surface area (Å²) in [5.74, 6) is 1.09. The molecule has 0 saturated carbocycles. The van der Waals surface area contributed by atoms with E-state index in [2.05, 4.69) is 47.6 Å². The van der Waals surface area contributed by atoms with Crippen LogP contribution in [0.3, 0.4) is 0 Å². The molecule has 3 heteroatoms. The van der Waals surface area contributed by atoms with Crippen LogP contribution >= 0.6 is 0 Å². The predicted molar refractivity (Wildman–Crippen MR) is 131 cm³/mol. The number of rotatable bonds is 4. The van der Waals surface area contributed by atoms with Crippen molar-refractivity contribution in [3.05, 3.63) is 77.4 Å². The highest BCUT2D eigenvalue weighted by Crippen LogP contribution is 2.39. The maximum Gasteiger partial charge on any atom is 0.128 e. The number of hydrogen-bond donors (Lipinski definition) is 1. The van der Waals surface area contributed by atoms with Crippen LogP contribution in [0.5, 0.6) is 11.5 Å². The number of methoxy groups -OCH3 is 1. The molecule has 0 aliphatic rings. The Balaban J connectivity index is 2.13. The summed E-state index contributed by atoms with van der Waals surface area (Å²) < 4.78 is 5.55. The number of nitrogens with zero attached hydrogens (tertiary/aromatic N) is 1. The fourth-order valence-corrected chi connectivity index (χ4v) is 3.58. The summed E-state index contributed by atoms with van der Waals surface area (Å²) in [4.78, 5) is 4.79. The van der Waals surface area contributed by atoms with Crippen molar-refractivity contribution in [2.75, 3.05) is 7.11 Å². The fourth-order valence-electron chi connectivity index (χ4n) is 3.58. The van der Waals surface area contributed by atoms with Crippen LogP contribution in [0.25, 0.3) is 11.1 Å². The van der Waals surface area contributed by atoms with Gasteiger partial charge in [-0.2, -0.15) is 0 Å². The van der Waals surface area contributed by atoms with Crippen LogP contribution < -0.4 is 4.74 Å². The molecule has 0 radical (unpaired) electrons. The highest BCUT2D eigenvalue weighted by Gasteiger charge is 2.24. The third-order valence-electron chi connectivity index (χ3n) is 5.46. The Morgan fingerprint density at radius 3 is 2.03 bits per heavy atom. The molecule has 31 heavy (non-hydrogen) atoms. The SMILES string of the molecule is COc1ccccc1-c1ccccc1N=Cc1cc(C(C)(C)C)cc(C(C)(C)C)c1O. The largest absolute Gasteiger partial charge is 0.507 e. The summed E-state index contributed by atoms with van der Waals surface area (Å²) in [5, 5.41) is 11.0. The van der Waals surface area contributed by atoms with Gasteiger partial charge in [-0.15, -0.1) is 0 Å². The highest BCUT2D eigenvalue weighted by molar-refractivity contribution is 5.90. The number of aliphatic imine (C=N–C) groups is 1. The molecule has 0 saturated heterocycles. The monoisotopic (exact) mass is 415 g/mol. The van der Waals surface area contributed by atoms with Crippen LogP contribution in [0.1, 0.15) is 58.2 Å². The van der Waals surface area contributed by atoms with Gasteiger partial charge in [-0.05, 0) is 34.6 Å². The number of benzene rings is 3. The minimum atomic E-state index is -0.177. The van der Waals surface area contributed by atoms with Crippen LogP contribution in [0.2, 0.25) is 0 Å². The Morgan fingerprint density at radius 1 is 0.806 bits per heavy atom. The van der Waals surface area contributed by atoms with Gasteiger partial charge in [0.2, 0.25) is 0 Å². The van der Waals surface area contributed by atoms with E-state index in [1.807, 2.05) is 54.6 Å². The van der Waals surface area contributed by atoms with E-state index < -0.39 is 0 Å². The van der Waals surface area contributed by atoms with Gasteiger partial charge in [0, 0.05) is 28.5 Å². The summed E-state index contributed by atoms with van der Waals surface area (Å²) in [6, 6.07) is 20.1. The lowest BCUT2D eigenvalue weighted by Gasteiger charge is -2.27. The smallest absolute Gasteiger partial charge is 0.128 e. The Morgan fingerprint density at radius 2 is 1.42 bits per heavy atom. The summed E-state index contributed by atoms with van der Waals surface area (Å²) in [5.41, 5.74) is 5.42. The summed E-state index contributed by atoms with van der Waals surface area (Å²) in [6.45, 7) is 12.9. The third-order valence-corrected chi connectivity index (χ3v) is 5.46. The van der Waals surface area contributed by atoms with Crippen LogP contribution in [-0.4, -0.2) is 18.4 Å². The lowest BCUT2D eigenvalue weighted by Crippen LogP contribution is -2.17. The van der Waals surface area contributed by atoms with E-state index in [1.165, 1.54) is 5.56 Å². The van der Waals surface area contributed by atoms with Gasteiger partial charge in [0.25, 0.3) is 0 Å². The summed E-state index contributed by atoms with van der Waals surface area (Å²) in [7, 11) is 1.68. The van der Waals surface area contributed by atoms with Gasteiger partial charge in [-0.3, -0.25) is 4.99 Å². The zero-order valence-corrected chi connectivity index (χ0v) is 19.7. The number of aromatic hydroxyl groups is 1. The second kappa shape index (κ2) is 8.58. The first-order valence-corrected chi connectivity index (χ1v) is 10.7. The molecule has 3 nitrogen and oxygen atoms in total. The minimum Gasteiger partial charge on any atom is -0.507 e. The number of ether oxygens (including phenoxy) is 1. The Labute approximate surface area is 186 Å². The van der Waals surface area contributed by atoms with Crippen molar-refractivity contribution in [2.24, 2.45) is 4.99 Å². The van der Waals surface area contributed by atoms with Crippen LogP contribution in [-0.2, 0) is 10.8 Å². The van der Waals surface area contributed by atoms with E-state index in [9.17, 15) is 5.11 Å². The van der Waals surface area contributed by atoms with Gasteiger partial charge in [-0.25, -0.2) is 0 Å². The molecule has 0 unspecified atom stereocenters. The molecule has 0 aliphatic heterocycles. The normalized spacial score (nSPS) is 12.4. The molecule has 0 fully saturated rings. The highest BCUT2D eigenvalue weighted by atomic mass is 16.5. The molecule has 162 valence electrons. The lowest BCUT2D eigenvalue weighted by atomic mass is 9.79. The van der Waals surface area contributed by atoms with Crippen molar-refractivity contribution in [1.29, 1.82) is 0 Å². The second-order valence-corrected chi connectivity index (χ2v) is 9.94. The number of phenols is 1. The van der Waals surface area contributed by atoms with Gasteiger partial charge >= 0.3 is 0 Å². The van der Waals surface area contributed by atoms with Gasteiger partial charge in [0.1, 0.15) is 11.5 Å². The molecule has 3 rings (SSSR count). The van der Waals surface area contributed by atoms with Crippen molar-refractivity contribution in [3.8, 4) is 22.6 Å². The first-order chi connectivity index (χ1) is 14.5. The number of phenolic OH excluding ortho intramolecular Hbond substituents is 1. The van der Waals surface area contributed by atoms with E-state index in [1.54, 1.807) is 13.3 Å². The minimum absolute atomic E-state index is 0.0361. The molecular weight excluding hydrogens is 382 g/mol. The molecule has 0 aliphatic carbocycles. The third kappa shape index (κ3) is 4.99. The van der Waals surface area contributed by atoms with Crippen molar-refractivity contribution >= 4 is 11.9 Å². The van der Waals surface area contributed by atoms with E-state index in [-0.39, 0.29) is 10.8 Å². The van der Waals surface area contributed by atoms with Gasteiger partial charge in [-0.1, -0.05) is 84.0 Å². The van der Waals surface area contributed by atoms with E-state index in [0.717, 1.165) is 33.7 Å². The molecule has 0 aromatic heterocycles. The quantitative estimate of drug-likeness (QED) is 0.451. The van der Waals surface area contributed by atoms with E-state index in [0.29, 0.717) is 5.75 Å². The lowest BCUT2D eigenvalue weighted by molar-refractivity contribution is 0.416. The van der Waals surface area contributed by atoms with Crippen LogP contribution in [0.4, 0.5) is 5.69 Å². The first-order valence-electron chi connectivity index (χ1n) is 10.7. The Hall–Kier alpha value is -3.07. The molecule has 0 spiro atoms. The van der Waals surface area contributed by atoms with Crippen molar-refractivity contribution in [2.45, 2.75) is 52.4 Å². The molecule has 1 N–H and O–H groups in total. The topological polar surface area (TPSA) is 41.8 Å². The van der Waals surface area contributed by atoms with E-state index >= 15 is 0 Å². The Bertz CT molecular complexity index is 1100. The standard InChI is InChI=1S/C28H33NO2/c1-27(2,3)20-16-19(26(30)23(17-20)28(4,5)6)18-29-24-14-10-8-12-21(24)22-13-9-11-15-25(22)31-7/h8-18,30H,1-7H3. The molecule has 3 aromatic rings. The first kappa shape index (κ1) is 22.6. The Kier molecular flexibility index (Phi) is 6.26. The van der Waals surface area contributed by atoms with Gasteiger partial charge < -0.3 is 9.84 Å².